The number of hydrogen-bond donors (Lipinski definition) is 3. The number of nitrogens with zero attached hydrogens (tertiary/aromatic N) is 1. The number of carboxylic acid groups (broad SMARTS) is 1. The van der Waals surface area contributed by atoms with E-state index in [9.17, 15) is 9.59 Å². The van der Waals surface area contributed by atoms with Crippen molar-refractivity contribution in [3.05, 3.63) is 28.8 Å². The molecule has 0 bridgehead atoms. The van der Waals surface area contributed by atoms with E-state index in [0.717, 1.165) is 0 Å². The molecule has 0 heterocycles. The summed E-state index contributed by atoms with van der Waals surface area (Å²) in [5.41, 5.74) is 2.75. The maximum absolute atomic E-state index is 11.3. The average molecular weight is 258 g/mol. The SMILES string of the molecule is CN(C)NC(=O)Nc1ccc(Cl)c(C(=O)O)c1. The summed E-state index contributed by atoms with van der Waals surface area (Å²) in [6.07, 6.45) is 0. The minimum atomic E-state index is -1.15. The quantitative estimate of drug-likeness (QED) is 0.719. The van der Waals surface area contributed by atoms with Crippen LogP contribution in [0.3, 0.4) is 0 Å². The lowest BCUT2D eigenvalue weighted by molar-refractivity contribution is 0.0697. The van der Waals surface area contributed by atoms with Gasteiger partial charge in [-0.2, -0.15) is 0 Å². The molecular weight excluding hydrogens is 246 g/mol. The molecule has 0 aliphatic rings. The number of hydrogen-bond acceptors (Lipinski definition) is 3. The Kier molecular flexibility index (Phi) is 4.30. The molecule has 17 heavy (non-hydrogen) atoms. The molecule has 0 aliphatic heterocycles. The second-order valence-corrected chi connectivity index (χ2v) is 3.87. The number of carbonyl (C=O) groups is 2. The molecule has 92 valence electrons. The van der Waals surface area contributed by atoms with Crippen LogP contribution in [0.5, 0.6) is 0 Å². The summed E-state index contributed by atoms with van der Waals surface area (Å²) in [6.45, 7) is 0. The predicted octanol–water partition coefficient (Wildman–Crippen LogP) is 1.64. The van der Waals surface area contributed by atoms with Gasteiger partial charge in [0.15, 0.2) is 0 Å². The van der Waals surface area contributed by atoms with Crippen molar-refractivity contribution in [3.8, 4) is 0 Å². The van der Waals surface area contributed by atoms with E-state index in [1.807, 2.05) is 0 Å². The van der Waals surface area contributed by atoms with Gasteiger partial charge in [0.1, 0.15) is 0 Å². The van der Waals surface area contributed by atoms with Crippen LogP contribution in [-0.2, 0) is 0 Å². The van der Waals surface area contributed by atoms with E-state index >= 15 is 0 Å². The Hall–Kier alpha value is -1.79. The van der Waals surface area contributed by atoms with E-state index in [-0.39, 0.29) is 10.6 Å². The molecule has 1 aromatic rings. The van der Waals surface area contributed by atoms with Crippen LogP contribution in [0, 0.1) is 0 Å². The minimum Gasteiger partial charge on any atom is -0.478 e. The highest BCUT2D eigenvalue weighted by atomic mass is 35.5. The first-order valence-corrected chi connectivity index (χ1v) is 5.05. The number of halogens is 1. The van der Waals surface area contributed by atoms with Crippen LogP contribution < -0.4 is 10.7 Å². The van der Waals surface area contributed by atoms with Gasteiger partial charge >= 0.3 is 12.0 Å². The van der Waals surface area contributed by atoms with Crippen molar-refractivity contribution in [3.63, 3.8) is 0 Å². The largest absolute Gasteiger partial charge is 0.478 e. The fourth-order valence-electron chi connectivity index (χ4n) is 1.13. The number of urea groups is 1. The summed E-state index contributed by atoms with van der Waals surface area (Å²) in [5.74, 6) is -1.15. The predicted molar refractivity (Wildman–Crippen MR) is 64.3 cm³/mol. The molecule has 0 spiro atoms. The second kappa shape index (κ2) is 5.51. The summed E-state index contributed by atoms with van der Waals surface area (Å²) in [5, 5.41) is 12.9. The third-order valence-electron chi connectivity index (χ3n) is 1.78. The number of carboxylic acids is 1. The zero-order chi connectivity index (χ0) is 13.0. The first-order chi connectivity index (χ1) is 7.90. The van der Waals surface area contributed by atoms with Gasteiger partial charge in [0.05, 0.1) is 10.6 Å². The minimum absolute atomic E-state index is 0.0608. The lowest BCUT2D eigenvalue weighted by atomic mass is 10.2. The molecule has 0 aliphatic carbocycles. The molecule has 0 saturated carbocycles. The molecule has 1 aromatic carbocycles. The van der Waals surface area contributed by atoms with Crippen LogP contribution in [-0.4, -0.2) is 36.2 Å². The highest BCUT2D eigenvalue weighted by Gasteiger charge is 2.10. The number of amides is 2. The zero-order valence-electron chi connectivity index (χ0n) is 9.32. The van der Waals surface area contributed by atoms with Crippen LogP contribution in [0.2, 0.25) is 5.02 Å². The lowest BCUT2D eigenvalue weighted by Crippen LogP contribution is -2.39. The highest BCUT2D eigenvalue weighted by molar-refractivity contribution is 6.33. The molecule has 2 amide bonds. The molecule has 6 nitrogen and oxygen atoms in total. The third-order valence-corrected chi connectivity index (χ3v) is 2.11. The van der Waals surface area contributed by atoms with E-state index in [1.165, 1.54) is 23.2 Å². The van der Waals surface area contributed by atoms with Crippen LogP contribution in [0.1, 0.15) is 10.4 Å². The van der Waals surface area contributed by atoms with Crippen molar-refractivity contribution in [1.29, 1.82) is 0 Å². The van der Waals surface area contributed by atoms with E-state index in [1.54, 1.807) is 14.1 Å². The number of rotatable bonds is 3. The summed E-state index contributed by atoms with van der Waals surface area (Å²) in [6, 6.07) is 3.76. The van der Waals surface area contributed by atoms with Crippen LogP contribution in [0.25, 0.3) is 0 Å². The summed E-state index contributed by atoms with van der Waals surface area (Å²) >= 11 is 5.69. The number of anilines is 1. The van der Waals surface area contributed by atoms with Crippen molar-refractivity contribution in [2.24, 2.45) is 0 Å². The Labute approximate surface area is 103 Å². The number of aromatic carboxylic acids is 1. The lowest BCUT2D eigenvalue weighted by Gasteiger charge is -2.13. The summed E-state index contributed by atoms with van der Waals surface area (Å²) < 4.78 is 0. The number of nitrogens with one attached hydrogen (secondary N) is 2. The molecule has 0 saturated heterocycles. The molecule has 0 fully saturated rings. The van der Waals surface area contributed by atoms with E-state index < -0.39 is 12.0 Å². The highest BCUT2D eigenvalue weighted by Crippen LogP contribution is 2.20. The van der Waals surface area contributed by atoms with Crippen molar-refractivity contribution < 1.29 is 14.7 Å². The van der Waals surface area contributed by atoms with Gasteiger partial charge in [-0.15, -0.1) is 0 Å². The monoisotopic (exact) mass is 257 g/mol. The topological polar surface area (TPSA) is 81.7 Å². The third kappa shape index (κ3) is 3.93. The van der Waals surface area contributed by atoms with Crippen LogP contribution in [0.4, 0.5) is 10.5 Å². The standard InChI is InChI=1S/C10H12ClN3O3/c1-14(2)13-10(17)12-6-3-4-8(11)7(5-6)9(15)16/h3-5H,1-2H3,(H,15,16)(H2,12,13,17). The molecule has 3 N–H and O–H groups in total. The fourth-order valence-corrected chi connectivity index (χ4v) is 1.33. The molecule has 0 unspecified atom stereocenters. The van der Waals surface area contributed by atoms with Gasteiger partial charge in [-0.25, -0.2) is 14.6 Å². The Morgan fingerprint density at radius 3 is 2.53 bits per heavy atom. The Balaban J connectivity index is 2.82. The Morgan fingerprint density at radius 1 is 1.35 bits per heavy atom. The van der Waals surface area contributed by atoms with E-state index in [4.69, 9.17) is 16.7 Å². The first-order valence-electron chi connectivity index (χ1n) is 4.68. The molecule has 0 radical (unpaired) electrons. The van der Waals surface area contributed by atoms with Crippen molar-refractivity contribution >= 4 is 29.3 Å². The van der Waals surface area contributed by atoms with Gasteiger partial charge in [-0.1, -0.05) is 11.6 Å². The van der Waals surface area contributed by atoms with Crippen LogP contribution >= 0.6 is 11.6 Å². The number of benzene rings is 1. The Morgan fingerprint density at radius 2 is 2.00 bits per heavy atom. The van der Waals surface area contributed by atoms with Gasteiger partial charge in [0.25, 0.3) is 0 Å². The number of hydrazine groups is 1. The molecular formula is C10H12ClN3O3. The average Bonchev–Trinajstić information content (AvgIpc) is 2.19. The summed E-state index contributed by atoms with van der Waals surface area (Å²) in [4.78, 5) is 22.2. The first kappa shape index (κ1) is 13.3. The van der Waals surface area contributed by atoms with Gasteiger partial charge in [0, 0.05) is 19.8 Å². The molecule has 0 atom stereocenters. The van der Waals surface area contributed by atoms with E-state index in [0.29, 0.717) is 5.69 Å². The van der Waals surface area contributed by atoms with Crippen molar-refractivity contribution in [1.82, 2.24) is 10.4 Å². The van der Waals surface area contributed by atoms with Gasteiger partial charge in [-0.3, -0.25) is 5.43 Å². The fraction of sp³-hybridized carbons (Fsp3) is 0.200. The zero-order valence-corrected chi connectivity index (χ0v) is 10.1. The van der Waals surface area contributed by atoms with Gasteiger partial charge < -0.3 is 10.4 Å². The number of carbonyl (C=O) groups excluding carboxylic acids is 1. The van der Waals surface area contributed by atoms with Crippen molar-refractivity contribution in [2.45, 2.75) is 0 Å². The maximum atomic E-state index is 11.3. The van der Waals surface area contributed by atoms with E-state index in [2.05, 4.69) is 10.7 Å². The second-order valence-electron chi connectivity index (χ2n) is 3.46. The van der Waals surface area contributed by atoms with Crippen LogP contribution in [0.15, 0.2) is 18.2 Å². The maximum Gasteiger partial charge on any atom is 0.337 e. The molecule has 7 heteroatoms. The smallest absolute Gasteiger partial charge is 0.337 e. The summed E-state index contributed by atoms with van der Waals surface area (Å²) in [7, 11) is 3.31. The molecule has 1 rings (SSSR count). The Bertz CT molecular complexity index is 448. The van der Waals surface area contributed by atoms with Crippen molar-refractivity contribution in [2.75, 3.05) is 19.4 Å². The van der Waals surface area contributed by atoms with Gasteiger partial charge in [-0.05, 0) is 18.2 Å². The molecule has 0 aromatic heterocycles. The van der Waals surface area contributed by atoms with Gasteiger partial charge in [0.2, 0.25) is 0 Å². The normalized spacial score (nSPS) is 10.1.